The van der Waals surface area contributed by atoms with Crippen molar-refractivity contribution in [1.29, 1.82) is 0 Å². The van der Waals surface area contributed by atoms with Crippen molar-refractivity contribution in [1.82, 2.24) is 9.55 Å². The molecule has 236 valence electrons. The molecular formula is C37H38N2O6Si. The first kappa shape index (κ1) is 30.5. The Balaban J connectivity index is 1.26. The minimum absolute atomic E-state index is 0.155. The van der Waals surface area contributed by atoms with Crippen LogP contribution in [0.25, 0.3) is 10.8 Å². The molecule has 2 fully saturated rings. The van der Waals surface area contributed by atoms with Gasteiger partial charge in [0.25, 0.3) is 19.8 Å². The monoisotopic (exact) mass is 634 g/mol. The molecule has 0 unspecified atom stereocenters. The average Bonchev–Trinajstić information content (AvgIpc) is 3.62. The summed E-state index contributed by atoms with van der Waals surface area (Å²) in [4.78, 5) is 27.7. The normalized spacial score (nSPS) is 22.8. The van der Waals surface area contributed by atoms with E-state index in [0.717, 1.165) is 26.7 Å². The molecule has 3 atom stereocenters. The molecule has 2 saturated heterocycles. The van der Waals surface area contributed by atoms with Crippen molar-refractivity contribution in [2.75, 3.05) is 13.2 Å². The zero-order chi connectivity index (χ0) is 32.0. The summed E-state index contributed by atoms with van der Waals surface area (Å²) in [5.74, 6) is -1.61. The summed E-state index contributed by atoms with van der Waals surface area (Å²) >= 11 is 0. The highest BCUT2D eigenvalue weighted by Gasteiger charge is 2.66. The summed E-state index contributed by atoms with van der Waals surface area (Å²) in [6.45, 7) is 7.37. The summed E-state index contributed by atoms with van der Waals surface area (Å²) < 4.78 is 28.5. The Hall–Kier alpha value is -4.12. The molecule has 0 amide bonds. The molecule has 2 aliphatic heterocycles. The van der Waals surface area contributed by atoms with E-state index in [1.165, 1.54) is 16.8 Å². The third-order valence-corrected chi connectivity index (χ3v) is 14.2. The molecule has 1 aromatic heterocycles. The topological polar surface area (TPSA) is 91.8 Å². The summed E-state index contributed by atoms with van der Waals surface area (Å²) in [6, 6.07) is 36.4. The van der Waals surface area contributed by atoms with Crippen LogP contribution in [0, 0.1) is 0 Å². The predicted octanol–water partition coefficient (Wildman–Crippen LogP) is 4.65. The summed E-state index contributed by atoms with van der Waals surface area (Å²) in [5.41, 5.74) is -1.11. The van der Waals surface area contributed by atoms with Gasteiger partial charge in [-0.15, -0.1) is 0 Å². The minimum Gasteiger partial charge on any atom is -0.404 e. The fraction of sp³-hybridized carbons (Fsp3) is 0.297. The Kier molecular flexibility index (Phi) is 7.69. The first-order valence-corrected chi connectivity index (χ1v) is 17.6. The van der Waals surface area contributed by atoms with Crippen molar-refractivity contribution in [3.63, 3.8) is 0 Å². The number of fused-ring (bicyclic) bond motifs is 3. The van der Waals surface area contributed by atoms with Crippen LogP contribution < -0.4 is 21.6 Å². The molecule has 0 spiro atoms. The average molecular weight is 635 g/mol. The van der Waals surface area contributed by atoms with E-state index in [1.807, 2.05) is 36.4 Å². The largest absolute Gasteiger partial charge is 0.404 e. The Morgan fingerprint density at radius 2 is 1.52 bits per heavy atom. The fourth-order valence-corrected chi connectivity index (χ4v) is 11.7. The van der Waals surface area contributed by atoms with Gasteiger partial charge in [-0.05, 0) is 37.8 Å². The molecule has 0 saturated carbocycles. The van der Waals surface area contributed by atoms with Crippen LogP contribution in [0.1, 0.15) is 32.8 Å². The first-order valence-electron chi connectivity index (χ1n) is 15.7. The standard InChI is InChI=1S/C37H38N2O6Si/c1-35(2,3)46(30-14-6-4-7-15-30,31-16-8-5-9-17-31)44-26-36-23-32(42-25-36)37(45-36,39-21-20-33(40)38-34(39)41)43-24-27-18-19-28-12-10-11-13-29(28)22-27/h4-22,32H,23-26H2,1-3H3,(H,38,40,41)/t32-,36-,37+/m0/s1. The van der Waals surface area contributed by atoms with Crippen LogP contribution in [0.2, 0.25) is 5.04 Å². The lowest BCUT2D eigenvalue weighted by atomic mass is 10.0. The number of hydrogen-bond acceptors (Lipinski definition) is 6. The van der Waals surface area contributed by atoms with Crippen molar-refractivity contribution in [2.24, 2.45) is 0 Å². The molecule has 3 heterocycles. The summed E-state index contributed by atoms with van der Waals surface area (Å²) in [5, 5.41) is 4.29. The quantitative estimate of drug-likeness (QED) is 0.238. The molecule has 2 bridgehead atoms. The molecule has 1 N–H and O–H groups in total. The van der Waals surface area contributed by atoms with E-state index < -0.39 is 37.2 Å². The second-order valence-electron chi connectivity index (χ2n) is 13.3. The third kappa shape index (κ3) is 5.18. The summed E-state index contributed by atoms with van der Waals surface area (Å²) in [6.07, 6.45) is 1.26. The molecule has 7 rings (SSSR count). The Bertz CT molecular complexity index is 1930. The van der Waals surface area contributed by atoms with Gasteiger partial charge in [-0.3, -0.25) is 9.78 Å². The van der Waals surface area contributed by atoms with E-state index in [2.05, 4.69) is 92.5 Å². The van der Waals surface area contributed by atoms with Gasteiger partial charge in [0, 0.05) is 18.7 Å². The fourth-order valence-electron chi connectivity index (χ4n) is 7.10. The second kappa shape index (κ2) is 11.6. The molecule has 5 aromatic rings. The molecule has 9 heteroatoms. The van der Waals surface area contributed by atoms with Gasteiger partial charge >= 0.3 is 5.69 Å². The number of rotatable bonds is 9. The molecule has 0 aliphatic carbocycles. The van der Waals surface area contributed by atoms with E-state index in [9.17, 15) is 9.59 Å². The van der Waals surface area contributed by atoms with Crippen LogP contribution in [-0.4, -0.2) is 42.8 Å². The van der Waals surface area contributed by atoms with Gasteiger partial charge in [0.15, 0.2) is 0 Å². The maximum Gasteiger partial charge on any atom is 0.332 e. The lowest BCUT2D eigenvalue weighted by Gasteiger charge is -2.45. The molecule has 0 radical (unpaired) electrons. The summed E-state index contributed by atoms with van der Waals surface area (Å²) in [7, 11) is -2.90. The maximum absolute atomic E-state index is 13.3. The number of H-pyrrole nitrogens is 1. The third-order valence-electron chi connectivity index (χ3n) is 9.26. The smallest absolute Gasteiger partial charge is 0.332 e. The van der Waals surface area contributed by atoms with Gasteiger partial charge in [-0.1, -0.05) is 118 Å². The SMILES string of the molecule is CC(C)(C)[Si](OC[C@@]12CO[C@@H](C1)[C@](OCc1ccc3ccccc3c1)(n1ccc(=O)[nH]c1=O)O2)(c1ccccc1)c1ccccc1. The van der Waals surface area contributed by atoms with Gasteiger partial charge in [0.1, 0.15) is 11.7 Å². The van der Waals surface area contributed by atoms with Crippen LogP contribution in [0.3, 0.4) is 0 Å². The highest BCUT2D eigenvalue weighted by Crippen LogP contribution is 2.50. The molecule has 46 heavy (non-hydrogen) atoms. The van der Waals surface area contributed by atoms with Crippen LogP contribution in [0.15, 0.2) is 125 Å². The molecule has 8 nitrogen and oxygen atoms in total. The van der Waals surface area contributed by atoms with Crippen LogP contribution in [0.5, 0.6) is 0 Å². The van der Waals surface area contributed by atoms with Crippen molar-refractivity contribution in [2.45, 2.75) is 56.5 Å². The molecular weight excluding hydrogens is 597 g/mol. The first-order chi connectivity index (χ1) is 22.1. The van der Waals surface area contributed by atoms with Crippen LogP contribution in [0.4, 0.5) is 0 Å². The number of aromatic nitrogens is 2. The lowest BCUT2D eigenvalue weighted by Crippen LogP contribution is -2.68. The Labute approximate surface area is 268 Å². The Morgan fingerprint density at radius 1 is 0.870 bits per heavy atom. The van der Waals surface area contributed by atoms with Crippen molar-refractivity contribution in [3.8, 4) is 0 Å². The molecule has 2 aliphatic rings. The number of ether oxygens (including phenoxy) is 3. The number of aromatic amines is 1. The van der Waals surface area contributed by atoms with E-state index in [1.54, 1.807) is 0 Å². The lowest BCUT2D eigenvalue weighted by molar-refractivity contribution is -0.374. The van der Waals surface area contributed by atoms with E-state index in [-0.39, 0.29) is 24.9 Å². The van der Waals surface area contributed by atoms with Crippen molar-refractivity contribution < 1.29 is 18.6 Å². The number of nitrogens with zero attached hydrogens (tertiary/aromatic N) is 1. The van der Waals surface area contributed by atoms with Gasteiger partial charge < -0.3 is 18.6 Å². The minimum atomic E-state index is -2.90. The number of hydrogen-bond donors (Lipinski definition) is 1. The van der Waals surface area contributed by atoms with Crippen LogP contribution in [-0.2, 0) is 31.2 Å². The van der Waals surface area contributed by atoms with Gasteiger partial charge in [-0.2, -0.15) is 0 Å². The second-order valence-corrected chi connectivity index (χ2v) is 17.6. The van der Waals surface area contributed by atoms with Gasteiger partial charge in [0.2, 0.25) is 0 Å². The highest BCUT2D eigenvalue weighted by molar-refractivity contribution is 6.99. The van der Waals surface area contributed by atoms with E-state index in [0.29, 0.717) is 6.42 Å². The Morgan fingerprint density at radius 3 is 2.17 bits per heavy atom. The van der Waals surface area contributed by atoms with E-state index in [4.69, 9.17) is 18.6 Å². The number of nitrogens with one attached hydrogen (secondary N) is 1. The van der Waals surface area contributed by atoms with Crippen molar-refractivity contribution in [3.05, 3.63) is 142 Å². The van der Waals surface area contributed by atoms with Crippen LogP contribution >= 0.6 is 0 Å². The van der Waals surface area contributed by atoms with Gasteiger partial charge in [0.05, 0.1) is 19.8 Å². The maximum atomic E-state index is 13.3. The predicted molar refractivity (Wildman–Crippen MR) is 180 cm³/mol. The highest BCUT2D eigenvalue weighted by atomic mass is 28.4. The van der Waals surface area contributed by atoms with Gasteiger partial charge in [-0.25, -0.2) is 9.36 Å². The zero-order valence-electron chi connectivity index (χ0n) is 26.3. The zero-order valence-corrected chi connectivity index (χ0v) is 27.3. The number of benzene rings is 4. The van der Waals surface area contributed by atoms with E-state index >= 15 is 0 Å². The van der Waals surface area contributed by atoms with Crippen molar-refractivity contribution >= 4 is 29.5 Å². The molecule has 4 aromatic carbocycles.